The van der Waals surface area contributed by atoms with Gasteiger partial charge in [-0.25, -0.2) is 13.6 Å². The molecular weight excluding hydrogens is 540 g/mol. The molecule has 0 aliphatic carbocycles. The van der Waals surface area contributed by atoms with E-state index in [1.165, 1.54) is 16.8 Å². The zero-order valence-electron chi connectivity index (χ0n) is 22.1. The summed E-state index contributed by atoms with van der Waals surface area (Å²) in [6.45, 7) is 2.77. The van der Waals surface area contributed by atoms with Gasteiger partial charge in [-0.1, -0.05) is 17.7 Å². The lowest BCUT2D eigenvalue weighted by Crippen LogP contribution is -2.23. The van der Waals surface area contributed by atoms with Crippen LogP contribution in [0.1, 0.15) is 37.3 Å². The molecule has 2 aromatic carbocycles. The maximum Gasteiger partial charge on any atom is 0.354 e. The van der Waals surface area contributed by atoms with Crippen LogP contribution in [0.3, 0.4) is 0 Å². The van der Waals surface area contributed by atoms with Crippen molar-refractivity contribution in [2.24, 2.45) is 22.2 Å². The van der Waals surface area contributed by atoms with Crippen molar-refractivity contribution in [1.82, 2.24) is 14.5 Å². The van der Waals surface area contributed by atoms with Crippen LogP contribution in [0.2, 0.25) is 5.02 Å². The summed E-state index contributed by atoms with van der Waals surface area (Å²) in [5, 5.41) is 0.550. The fourth-order valence-corrected chi connectivity index (χ4v) is 4.54. The van der Waals surface area contributed by atoms with Gasteiger partial charge in [-0.15, -0.1) is 0 Å². The lowest BCUT2D eigenvalue weighted by Gasteiger charge is -2.09. The Morgan fingerprint density at radius 2 is 2.00 bits per heavy atom. The van der Waals surface area contributed by atoms with Crippen molar-refractivity contribution in [3.63, 3.8) is 0 Å². The highest BCUT2D eigenvalue weighted by Gasteiger charge is 2.16. The first kappa shape index (κ1) is 29.2. The summed E-state index contributed by atoms with van der Waals surface area (Å²) in [6, 6.07) is 9.50. The third-order valence-corrected chi connectivity index (χ3v) is 6.60. The summed E-state index contributed by atoms with van der Waals surface area (Å²) in [7, 11) is 0. The first-order valence-corrected chi connectivity index (χ1v) is 13.3. The number of hydrogen-bond acceptors (Lipinski definition) is 5. The summed E-state index contributed by atoms with van der Waals surface area (Å²) >= 11 is 6.19. The number of nitrogens with zero attached hydrogens (tertiary/aromatic N) is 3. The van der Waals surface area contributed by atoms with Crippen LogP contribution < -0.4 is 22.9 Å². The van der Waals surface area contributed by atoms with Gasteiger partial charge >= 0.3 is 5.69 Å². The number of aliphatic imine (C=N–C) groups is 1. The van der Waals surface area contributed by atoms with Crippen LogP contribution in [-0.2, 0) is 17.8 Å². The largest absolute Gasteiger partial charge is 0.377 e. The number of hydrogen-bond donors (Lipinski definition) is 4. The zero-order valence-corrected chi connectivity index (χ0v) is 22.8. The summed E-state index contributed by atoms with van der Waals surface area (Å²) in [6.07, 6.45) is 4.49. The van der Waals surface area contributed by atoms with Crippen LogP contribution in [0.15, 0.2) is 52.4 Å². The molecule has 0 spiro atoms. The third kappa shape index (κ3) is 7.23. The molecule has 2 aromatic heterocycles. The van der Waals surface area contributed by atoms with Gasteiger partial charge in [0.1, 0.15) is 11.5 Å². The molecule has 0 fully saturated rings. The molecular formula is C28H32ClF2N7O2. The highest BCUT2D eigenvalue weighted by Crippen LogP contribution is 2.31. The van der Waals surface area contributed by atoms with Crippen molar-refractivity contribution in [3.05, 3.63) is 80.9 Å². The average Bonchev–Trinajstić information content (AvgIpc) is 3.30. The number of aromatic amines is 1. The van der Waals surface area contributed by atoms with Gasteiger partial charge in [-0.05, 0) is 68.5 Å². The van der Waals surface area contributed by atoms with Crippen LogP contribution in [0.5, 0.6) is 0 Å². The minimum atomic E-state index is -0.618. The number of nitrogens with two attached hydrogens (primary N) is 3. The smallest absolute Gasteiger partial charge is 0.354 e. The van der Waals surface area contributed by atoms with Gasteiger partial charge < -0.3 is 26.9 Å². The Balaban J connectivity index is 1.54. The highest BCUT2D eigenvalue weighted by molar-refractivity contribution is 6.31. The second-order valence-corrected chi connectivity index (χ2v) is 10.1. The van der Waals surface area contributed by atoms with Gasteiger partial charge in [-0.3, -0.25) is 9.56 Å². The van der Waals surface area contributed by atoms with Gasteiger partial charge in [0.25, 0.3) is 0 Å². The summed E-state index contributed by atoms with van der Waals surface area (Å²) in [4.78, 5) is 23.8. The molecule has 0 saturated heterocycles. The lowest BCUT2D eigenvalue weighted by atomic mass is 10.0. The molecule has 7 N–H and O–H groups in total. The Labute approximate surface area is 235 Å². The van der Waals surface area contributed by atoms with Crippen LogP contribution >= 0.6 is 11.6 Å². The molecule has 1 atom stereocenters. The van der Waals surface area contributed by atoms with Crippen LogP contribution in [-0.4, -0.2) is 39.7 Å². The number of fused-ring (bicyclic) bond motifs is 1. The molecule has 9 nitrogen and oxygen atoms in total. The molecule has 0 radical (unpaired) electrons. The standard InChI is InChI=1S/C28H32ClF2N7O2/c1-16(32)4-2-5-17-10-21(25(31)22(29)11-17)24-12-19-14-38(28(39)37-26(19)36-24)20-7-6-18(23(30)13-20)15-40-9-3-8-35-27(33)34/h6-7,10-14,16H,2-5,8-9,15,32H2,1H3,(H4,33,34,35)(H,36,37,39). The predicted molar refractivity (Wildman–Crippen MR) is 154 cm³/mol. The number of guanidine groups is 1. The van der Waals surface area contributed by atoms with E-state index in [0.29, 0.717) is 48.3 Å². The number of benzene rings is 2. The molecule has 0 amide bonds. The Morgan fingerprint density at radius 1 is 1.20 bits per heavy atom. The van der Waals surface area contributed by atoms with E-state index in [9.17, 15) is 9.18 Å². The Morgan fingerprint density at radius 3 is 2.73 bits per heavy atom. The normalized spacial score (nSPS) is 12.1. The van der Waals surface area contributed by atoms with Crippen LogP contribution in [0, 0.1) is 11.6 Å². The molecule has 1 unspecified atom stereocenters. The van der Waals surface area contributed by atoms with Gasteiger partial charge in [0, 0.05) is 41.9 Å². The van der Waals surface area contributed by atoms with Crippen molar-refractivity contribution >= 4 is 28.6 Å². The third-order valence-electron chi connectivity index (χ3n) is 6.32. The van der Waals surface area contributed by atoms with E-state index in [1.807, 2.05) is 6.92 Å². The monoisotopic (exact) mass is 571 g/mol. The van der Waals surface area contributed by atoms with Crippen molar-refractivity contribution in [2.45, 2.75) is 45.3 Å². The predicted octanol–water partition coefficient (Wildman–Crippen LogP) is 4.16. The quantitative estimate of drug-likeness (QED) is 0.114. The summed E-state index contributed by atoms with van der Waals surface area (Å²) in [5.74, 6) is -1.09. The Bertz CT molecular complexity index is 1580. The Kier molecular flexibility index (Phi) is 9.51. The van der Waals surface area contributed by atoms with Crippen molar-refractivity contribution in [1.29, 1.82) is 0 Å². The van der Waals surface area contributed by atoms with E-state index >= 15 is 4.39 Å². The highest BCUT2D eigenvalue weighted by atomic mass is 35.5. The molecule has 0 bridgehead atoms. The van der Waals surface area contributed by atoms with Gasteiger partial charge in [0.2, 0.25) is 0 Å². The fourth-order valence-electron chi connectivity index (χ4n) is 4.30. The molecule has 4 rings (SSSR count). The molecule has 0 aliphatic rings. The van der Waals surface area contributed by atoms with Crippen LogP contribution in [0.4, 0.5) is 8.78 Å². The number of aromatic nitrogens is 3. The SMILES string of the molecule is CC(N)CCCc1cc(Cl)c(F)c(-c2cc3cn(-c4ccc(COCCCN=C(N)N)c(F)c4)c(=O)nc3[nH]2)c1. The number of aryl methyl sites for hydroxylation is 1. The summed E-state index contributed by atoms with van der Waals surface area (Å²) in [5.41, 5.74) is 18.2. The second kappa shape index (κ2) is 13.0. The zero-order chi connectivity index (χ0) is 28.8. The van der Waals surface area contributed by atoms with Crippen molar-refractivity contribution in [2.75, 3.05) is 13.2 Å². The average molecular weight is 572 g/mol. The van der Waals surface area contributed by atoms with Crippen molar-refractivity contribution in [3.8, 4) is 16.9 Å². The Hall–Kier alpha value is -3.80. The number of ether oxygens (including phenoxy) is 1. The molecule has 0 saturated carbocycles. The minimum Gasteiger partial charge on any atom is -0.377 e. The van der Waals surface area contributed by atoms with E-state index in [-0.39, 0.29) is 34.8 Å². The van der Waals surface area contributed by atoms with Crippen molar-refractivity contribution < 1.29 is 13.5 Å². The molecule has 12 heteroatoms. The number of halogens is 3. The molecule has 2 heterocycles. The maximum atomic E-state index is 15.0. The van der Waals surface area contributed by atoms with Crippen LogP contribution in [0.25, 0.3) is 28.0 Å². The molecule has 4 aromatic rings. The van der Waals surface area contributed by atoms with E-state index in [4.69, 9.17) is 33.5 Å². The topological polar surface area (TPSA) is 150 Å². The number of H-pyrrole nitrogens is 1. The van der Waals surface area contributed by atoms with Gasteiger partial charge in [-0.2, -0.15) is 4.98 Å². The van der Waals surface area contributed by atoms with Gasteiger partial charge in [0.15, 0.2) is 11.8 Å². The second-order valence-electron chi connectivity index (χ2n) is 9.68. The minimum absolute atomic E-state index is 0.00722. The number of nitrogens with one attached hydrogen (secondary N) is 1. The molecule has 40 heavy (non-hydrogen) atoms. The van der Waals surface area contributed by atoms with Gasteiger partial charge in [0.05, 0.1) is 23.0 Å². The van der Waals surface area contributed by atoms with E-state index in [2.05, 4.69) is 15.0 Å². The lowest BCUT2D eigenvalue weighted by molar-refractivity contribution is 0.117. The molecule has 212 valence electrons. The summed E-state index contributed by atoms with van der Waals surface area (Å²) < 4.78 is 36.5. The fraction of sp³-hybridized carbons (Fsp3) is 0.321. The first-order valence-electron chi connectivity index (χ1n) is 12.9. The number of rotatable bonds is 12. The van der Waals surface area contributed by atoms with E-state index < -0.39 is 17.3 Å². The van der Waals surface area contributed by atoms with E-state index in [1.54, 1.807) is 30.3 Å². The molecule has 0 aliphatic heterocycles. The first-order chi connectivity index (χ1) is 19.1. The maximum absolute atomic E-state index is 15.0. The van der Waals surface area contributed by atoms with E-state index in [0.717, 1.165) is 18.4 Å².